The molecule has 0 radical (unpaired) electrons. The predicted molar refractivity (Wildman–Crippen MR) is 119 cm³/mol. The largest absolute Gasteiger partial charge is 0.506 e. The molecule has 0 aliphatic carbocycles. The number of hydrogen-bond donors (Lipinski definition) is 2. The van der Waals surface area contributed by atoms with Crippen LogP contribution in [0.5, 0.6) is 5.75 Å². The van der Waals surface area contributed by atoms with Crippen molar-refractivity contribution in [1.29, 1.82) is 0 Å². The number of halogens is 1. The van der Waals surface area contributed by atoms with Crippen LogP contribution in [0, 0.1) is 0 Å². The number of nitrogens with zero attached hydrogens (tertiary/aromatic N) is 2. The zero-order valence-corrected chi connectivity index (χ0v) is 17.7. The Morgan fingerprint density at radius 3 is 2.41 bits per heavy atom. The Balaban J connectivity index is 1.83. The van der Waals surface area contributed by atoms with Crippen LogP contribution < -0.4 is 10.2 Å². The number of anilines is 3. The van der Waals surface area contributed by atoms with Crippen LogP contribution in [0.2, 0.25) is 5.02 Å². The quantitative estimate of drug-likeness (QED) is 0.575. The van der Waals surface area contributed by atoms with Crippen molar-refractivity contribution in [2.45, 2.75) is 26.2 Å². The maximum Gasteiger partial charge on any atom is 0.255 e. The van der Waals surface area contributed by atoms with Crippen LogP contribution >= 0.6 is 11.6 Å². The minimum atomic E-state index is -0.268. The molecular formula is C23H24ClN3O2. The minimum absolute atomic E-state index is 0.0281. The van der Waals surface area contributed by atoms with Gasteiger partial charge in [-0.1, -0.05) is 44.5 Å². The lowest BCUT2D eigenvalue weighted by molar-refractivity contribution is 0.102. The molecular weight excluding hydrogens is 386 g/mol. The monoisotopic (exact) mass is 409 g/mol. The Morgan fingerprint density at radius 1 is 1.10 bits per heavy atom. The van der Waals surface area contributed by atoms with E-state index in [0.29, 0.717) is 27.8 Å². The fourth-order valence-corrected chi connectivity index (χ4v) is 3.18. The summed E-state index contributed by atoms with van der Waals surface area (Å²) in [4.78, 5) is 18.6. The van der Waals surface area contributed by atoms with E-state index in [0.717, 1.165) is 0 Å². The van der Waals surface area contributed by atoms with Crippen LogP contribution in [0.4, 0.5) is 17.2 Å². The van der Waals surface area contributed by atoms with Gasteiger partial charge in [0, 0.05) is 24.5 Å². The number of amides is 1. The topological polar surface area (TPSA) is 65.5 Å². The Hall–Kier alpha value is -3.05. The molecule has 1 amide bonds. The van der Waals surface area contributed by atoms with E-state index in [1.807, 2.05) is 24.3 Å². The summed E-state index contributed by atoms with van der Waals surface area (Å²) in [7, 11) is 1.73. The first-order valence-electron chi connectivity index (χ1n) is 9.26. The number of nitrogens with one attached hydrogen (secondary N) is 1. The van der Waals surface area contributed by atoms with Crippen LogP contribution in [-0.2, 0) is 5.41 Å². The molecule has 2 N–H and O–H groups in total. The van der Waals surface area contributed by atoms with Gasteiger partial charge in [-0.15, -0.1) is 0 Å². The molecule has 0 fully saturated rings. The van der Waals surface area contributed by atoms with E-state index in [1.165, 1.54) is 11.6 Å². The molecule has 1 aromatic heterocycles. The van der Waals surface area contributed by atoms with Gasteiger partial charge in [-0.3, -0.25) is 4.79 Å². The molecule has 6 heteroatoms. The van der Waals surface area contributed by atoms with Crippen molar-refractivity contribution < 1.29 is 9.90 Å². The maximum absolute atomic E-state index is 12.7. The third-order valence-corrected chi connectivity index (χ3v) is 4.96. The van der Waals surface area contributed by atoms with Gasteiger partial charge < -0.3 is 15.3 Å². The smallest absolute Gasteiger partial charge is 0.255 e. The van der Waals surface area contributed by atoms with Gasteiger partial charge in [-0.05, 0) is 53.4 Å². The minimum Gasteiger partial charge on any atom is -0.506 e. The molecule has 150 valence electrons. The molecule has 0 aliphatic heterocycles. The molecule has 3 rings (SSSR count). The molecule has 0 saturated carbocycles. The summed E-state index contributed by atoms with van der Waals surface area (Å²) in [6.45, 7) is 6.43. The fourth-order valence-electron chi connectivity index (χ4n) is 2.93. The average molecular weight is 410 g/mol. The molecule has 0 atom stereocenters. The molecule has 3 aromatic rings. The summed E-state index contributed by atoms with van der Waals surface area (Å²) in [5, 5.41) is 13.6. The third-order valence-electron chi connectivity index (χ3n) is 4.66. The second kappa shape index (κ2) is 8.13. The second-order valence-electron chi connectivity index (χ2n) is 7.85. The number of phenolic OH excluding ortho intramolecular Hbond substituents is 1. The Bertz CT molecular complexity index is 1030. The summed E-state index contributed by atoms with van der Waals surface area (Å²) in [6.07, 6.45) is 1.62. The van der Waals surface area contributed by atoms with E-state index in [1.54, 1.807) is 42.4 Å². The fraction of sp³-hybridized carbons (Fsp3) is 0.217. The lowest BCUT2D eigenvalue weighted by Gasteiger charge is -2.21. The van der Waals surface area contributed by atoms with Crippen molar-refractivity contribution in [2.75, 3.05) is 17.3 Å². The van der Waals surface area contributed by atoms with Gasteiger partial charge in [0.15, 0.2) is 5.82 Å². The highest BCUT2D eigenvalue weighted by molar-refractivity contribution is 6.33. The van der Waals surface area contributed by atoms with E-state index in [2.05, 4.69) is 31.1 Å². The summed E-state index contributed by atoms with van der Waals surface area (Å²) >= 11 is 6.21. The number of aromatic hydroxyl groups is 1. The highest BCUT2D eigenvalue weighted by Crippen LogP contribution is 2.35. The number of pyridine rings is 1. The van der Waals surface area contributed by atoms with Gasteiger partial charge in [-0.2, -0.15) is 0 Å². The number of hydrogen-bond acceptors (Lipinski definition) is 4. The molecule has 0 spiro atoms. The summed E-state index contributed by atoms with van der Waals surface area (Å²) in [5.41, 5.74) is 2.79. The Kier molecular flexibility index (Phi) is 5.80. The van der Waals surface area contributed by atoms with Crippen molar-refractivity contribution in [3.8, 4) is 5.75 Å². The first-order valence-corrected chi connectivity index (χ1v) is 9.64. The first kappa shape index (κ1) is 20.7. The Morgan fingerprint density at radius 2 is 1.79 bits per heavy atom. The van der Waals surface area contributed by atoms with E-state index in [4.69, 9.17) is 11.6 Å². The van der Waals surface area contributed by atoms with Gasteiger partial charge in [-0.25, -0.2) is 4.98 Å². The summed E-state index contributed by atoms with van der Waals surface area (Å²) in [6, 6.07) is 15.9. The number of rotatable bonds is 4. The number of carbonyl (C=O) groups excluding carboxylic acids is 1. The van der Waals surface area contributed by atoms with Crippen LogP contribution in [0.3, 0.4) is 0 Å². The van der Waals surface area contributed by atoms with Gasteiger partial charge in [0.1, 0.15) is 5.75 Å². The molecule has 1 heterocycles. The first-order chi connectivity index (χ1) is 13.7. The summed E-state index contributed by atoms with van der Waals surface area (Å²) in [5.74, 6) is 0.246. The third kappa shape index (κ3) is 4.69. The molecule has 0 saturated heterocycles. The molecule has 0 aliphatic rings. The molecule has 5 nitrogen and oxygen atoms in total. The van der Waals surface area contributed by atoms with Crippen LogP contribution in [0.15, 0.2) is 60.8 Å². The zero-order valence-electron chi connectivity index (χ0n) is 16.9. The number of carbonyl (C=O) groups is 1. The van der Waals surface area contributed by atoms with Crippen molar-refractivity contribution in [3.63, 3.8) is 0 Å². The standard InChI is InChI=1S/C23H24ClN3O2/c1-23(2,3)16-8-10-17(11-9-16)26-22(29)15-7-12-20(28)19(14-15)27(4)21-18(24)6-5-13-25-21/h5-14,28H,1-4H3,(H,26,29). The SMILES string of the molecule is CN(c1cc(C(=O)Nc2ccc(C(C)(C)C)cc2)ccc1O)c1ncccc1Cl. The van der Waals surface area contributed by atoms with Gasteiger partial charge in [0.2, 0.25) is 0 Å². The highest BCUT2D eigenvalue weighted by atomic mass is 35.5. The lowest BCUT2D eigenvalue weighted by atomic mass is 9.87. The highest BCUT2D eigenvalue weighted by Gasteiger charge is 2.17. The van der Waals surface area contributed by atoms with Crippen LogP contribution in [0.1, 0.15) is 36.7 Å². The van der Waals surface area contributed by atoms with Crippen molar-refractivity contribution in [1.82, 2.24) is 4.98 Å². The number of benzene rings is 2. The number of phenols is 1. The van der Waals surface area contributed by atoms with Crippen LogP contribution in [0.25, 0.3) is 0 Å². The lowest BCUT2D eigenvalue weighted by Crippen LogP contribution is -2.16. The second-order valence-corrected chi connectivity index (χ2v) is 8.26. The predicted octanol–water partition coefficient (Wildman–Crippen LogP) is 5.76. The number of aromatic nitrogens is 1. The van der Waals surface area contributed by atoms with Crippen LogP contribution in [-0.4, -0.2) is 23.0 Å². The van der Waals surface area contributed by atoms with Gasteiger partial charge in [0.25, 0.3) is 5.91 Å². The summed E-state index contributed by atoms with van der Waals surface area (Å²) < 4.78 is 0. The van der Waals surface area contributed by atoms with E-state index in [9.17, 15) is 9.90 Å². The molecule has 2 aromatic carbocycles. The van der Waals surface area contributed by atoms with Gasteiger partial charge in [0.05, 0.1) is 10.7 Å². The normalized spacial score (nSPS) is 11.2. The average Bonchev–Trinajstić information content (AvgIpc) is 2.68. The Labute approximate surface area is 176 Å². The molecule has 0 bridgehead atoms. The van der Waals surface area contributed by atoms with E-state index >= 15 is 0 Å². The van der Waals surface area contributed by atoms with Gasteiger partial charge >= 0.3 is 0 Å². The van der Waals surface area contributed by atoms with E-state index < -0.39 is 0 Å². The molecule has 29 heavy (non-hydrogen) atoms. The van der Waals surface area contributed by atoms with Crippen molar-refractivity contribution in [3.05, 3.63) is 76.9 Å². The zero-order chi connectivity index (χ0) is 21.2. The van der Waals surface area contributed by atoms with E-state index in [-0.39, 0.29) is 17.1 Å². The van der Waals surface area contributed by atoms with Crippen molar-refractivity contribution in [2.24, 2.45) is 0 Å². The maximum atomic E-state index is 12.7. The van der Waals surface area contributed by atoms with Crippen molar-refractivity contribution >= 4 is 34.7 Å². The molecule has 0 unspecified atom stereocenters.